The molecule has 1 aromatic heterocycles. The summed E-state index contributed by atoms with van der Waals surface area (Å²) in [6, 6.07) is 4.33. The summed E-state index contributed by atoms with van der Waals surface area (Å²) in [7, 11) is -4.11. The van der Waals surface area contributed by atoms with Crippen molar-refractivity contribution >= 4 is 21.7 Å². The Morgan fingerprint density at radius 1 is 1.11 bits per heavy atom. The molecule has 1 N–H and O–H groups in total. The van der Waals surface area contributed by atoms with E-state index in [2.05, 4.69) is 20.0 Å². The van der Waals surface area contributed by atoms with Gasteiger partial charge in [0.2, 0.25) is 15.9 Å². The molecule has 12 heteroatoms. The van der Waals surface area contributed by atoms with Crippen molar-refractivity contribution in [1.82, 2.24) is 14.3 Å². The second-order valence-electron chi connectivity index (χ2n) is 11.4. The molecule has 0 saturated heterocycles. The lowest BCUT2D eigenvalue weighted by molar-refractivity contribution is -0.274. The van der Waals surface area contributed by atoms with Gasteiger partial charge in [-0.25, -0.2) is 18.4 Å². The average Bonchev–Trinajstić information content (AvgIpc) is 2.82. The van der Waals surface area contributed by atoms with Gasteiger partial charge in [0.25, 0.3) is 0 Å². The van der Waals surface area contributed by atoms with Crippen LogP contribution in [0.5, 0.6) is 5.75 Å². The summed E-state index contributed by atoms with van der Waals surface area (Å²) >= 11 is 0. The standard InChI is InChI=1S/C26H29F3N4O4S/c27-26(28,29)37-19-2-1-3-20(9-19)38(35,36)33-5-4-21-22(14-33)30-15-31-24(21)32-23(34)13-25-10-16-6-17(11-25)8-18(7-16)12-25/h1-3,9,15-18H,4-8,10-14H2,(H,30,31,32,34). The summed E-state index contributed by atoms with van der Waals surface area (Å²) in [5.74, 6) is 1.97. The number of ether oxygens (including phenoxy) is 1. The van der Waals surface area contributed by atoms with Crippen molar-refractivity contribution in [3.63, 3.8) is 0 Å². The summed E-state index contributed by atoms with van der Waals surface area (Å²) in [4.78, 5) is 21.4. The molecule has 1 aliphatic heterocycles. The maximum atomic E-state index is 13.2. The molecular weight excluding hydrogens is 521 g/mol. The molecular formula is C26H29F3N4O4S. The minimum absolute atomic E-state index is 0.0654. The molecule has 1 amide bonds. The van der Waals surface area contributed by atoms with Gasteiger partial charge in [-0.15, -0.1) is 13.2 Å². The monoisotopic (exact) mass is 550 g/mol. The number of carbonyl (C=O) groups is 1. The van der Waals surface area contributed by atoms with Gasteiger partial charge in [-0.1, -0.05) is 6.07 Å². The summed E-state index contributed by atoms with van der Waals surface area (Å²) in [6.45, 7) is -0.00665. The average molecular weight is 551 g/mol. The number of hydrogen-bond acceptors (Lipinski definition) is 6. The maximum Gasteiger partial charge on any atom is 0.573 e. The van der Waals surface area contributed by atoms with Crippen LogP contribution in [-0.4, -0.2) is 41.5 Å². The summed E-state index contributed by atoms with van der Waals surface area (Å²) in [5.41, 5.74) is 1.23. The number of carbonyl (C=O) groups excluding carboxylic acids is 1. The topological polar surface area (TPSA) is 101 Å². The molecule has 2 aromatic rings. The van der Waals surface area contributed by atoms with Crippen molar-refractivity contribution in [1.29, 1.82) is 0 Å². The number of benzene rings is 1. The van der Waals surface area contributed by atoms with Gasteiger partial charge in [-0.3, -0.25) is 4.79 Å². The number of rotatable bonds is 6. The van der Waals surface area contributed by atoms with Crippen LogP contribution in [0.4, 0.5) is 19.0 Å². The number of nitrogens with zero attached hydrogens (tertiary/aromatic N) is 3. The zero-order valence-electron chi connectivity index (χ0n) is 20.7. The molecule has 4 fully saturated rings. The van der Waals surface area contributed by atoms with E-state index in [1.165, 1.54) is 37.7 Å². The third-order valence-electron chi connectivity index (χ3n) is 8.61. The highest BCUT2D eigenvalue weighted by Gasteiger charge is 2.51. The van der Waals surface area contributed by atoms with Gasteiger partial charge in [0.05, 0.1) is 17.1 Å². The lowest BCUT2D eigenvalue weighted by Gasteiger charge is -2.56. The quantitative estimate of drug-likeness (QED) is 0.561. The number of amides is 1. The van der Waals surface area contributed by atoms with Gasteiger partial charge in [0, 0.05) is 24.6 Å². The van der Waals surface area contributed by atoms with Crippen LogP contribution < -0.4 is 10.1 Å². The van der Waals surface area contributed by atoms with Crippen molar-refractivity contribution in [3.8, 4) is 5.75 Å². The number of fused-ring (bicyclic) bond motifs is 1. The summed E-state index contributed by atoms with van der Waals surface area (Å²) in [6.07, 6.45) is 4.39. The Labute approximate surface area is 219 Å². The van der Waals surface area contributed by atoms with Crippen LogP contribution in [0, 0.1) is 23.2 Å². The molecule has 0 radical (unpaired) electrons. The first-order valence-corrected chi connectivity index (χ1v) is 14.4. The van der Waals surface area contributed by atoms with Crippen LogP contribution in [0.25, 0.3) is 0 Å². The van der Waals surface area contributed by atoms with Gasteiger partial charge in [-0.2, -0.15) is 4.31 Å². The molecule has 4 aliphatic carbocycles. The molecule has 0 spiro atoms. The van der Waals surface area contributed by atoms with Crippen LogP contribution in [-0.2, 0) is 27.8 Å². The van der Waals surface area contributed by atoms with Gasteiger partial charge in [-0.05, 0) is 80.2 Å². The highest BCUT2D eigenvalue weighted by Crippen LogP contribution is 2.61. The van der Waals surface area contributed by atoms with E-state index in [0.29, 0.717) is 23.5 Å². The van der Waals surface area contributed by atoms with E-state index in [4.69, 9.17) is 0 Å². The van der Waals surface area contributed by atoms with Crippen LogP contribution in [0.15, 0.2) is 35.5 Å². The number of halogens is 3. The van der Waals surface area contributed by atoms with E-state index in [-0.39, 0.29) is 35.7 Å². The second-order valence-corrected chi connectivity index (χ2v) is 13.3. The Balaban J connectivity index is 1.15. The Morgan fingerprint density at radius 3 is 2.45 bits per heavy atom. The lowest BCUT2D eigenvalue weighted by Crippen LogP contribution is -2.47. The first-order valence-electron chi connectivity index (χ1n) is 13.0. The molecule has 4 saturated carbocycles. The fourth-order valence-electron chi connectivity index (χ4n) is 7.65. The number of nitrogens with one attached hydrogen (secondary N) is 1. The third-order valence-corrected chi connectivity index (χ3v) is 10.4. The van der Waals surface area contributed by atoms with Gasteiger partial charge >= 0.3 is 6.36 Å². The molecule has 0 unspecified atom stereocenters. The normalized spacial score (nSPS) is 28.7. The first kappa shape index (κ1) is 25.5. The predicted octanol–water partition coefficient (Wildman–Crippen LogP) is 4.67. The zero-order valence-corrected chi connectivity index (χ0v) is 21.5. The van der Waals surface area contributed by atoms with Crippen molar-refractivity contribution in [2.45, 2.75) is 69.2 Å². The predicted molar refractivity (Wildman–Crippen MR) is 130 cm³/mol. The van der Waals surface area contributed by atoms with E-state index in [1.54, 1.807) is 0 Å². The molecule has 1 aromatic carbocycles. The Hall–Kier alpha value is -2.73. The fourth-order valence-corrected chi connectivity index (χ4v) is 9.09. The summed E-state index contributed by atoms with van der Waals surface area (Å²) in [5, 5.41) is 2.98. The fraction of sp³-hybridized carbons (Fsp3) is 0.577. The van der Waals surface area contributed by atoms with Gasteiger partial charge < -0.3 is 10.1 Å². The van der Waals surface area contributed by atoms with Crippen molar-refractivity contribution in [3.05, 3.63) is 41.9 Å². The smallest absolute Gasteiger partial charge is 0.406 e. The largest absolute Gasteiger partial charge is 0.573 e. The van der Waals surface area contributed by atoms with Gasteiger partial charge in [0.15, 0.2) is 0 Å². The SMILES string of the molecule is O=C(CC12CC3CC(CC(C3)C1)C2)Nc1ncnc2c1CCN(S(=O)(=O)c1cccc(OC(F)(F)F)c1)C2. The van der Waals surface area contributed by atoms with Crippen molar-refractivity contribution in [2.75, 3.05) is 11.9 Å². The highest BCUT2D eigenvalue weighted by molar-refractivity contribution is 7.89. The molecule has 5 aliphatic rings. The first-order chi connectivity index (χ1) is 18.0. The molecule has 7 rings (SSSR count). The molecule has 38 heavy (non-hydrogen) atoms. The van der Waals surface area contributed by atoms with Crippen molar-refractivity contribution < 1.29 is 31.1 Å². The number of sulfonamides is 1. The molecule has 0 atom stereocenters. The van der Waals surface area contributed by atoms with E-state index in [9.17, 15) is 26.4 Å². The van der Waals surface area contributed by atoms with Crippen molar-refractivity contribution in [2.24, 2.45) is 23.2 Å². The number of hydrogen-bond donors (Lipinski definition) is 1. The third kappa shape index (κ3) is 5.00. The molecule has 8 nitrogen and oxygen atoms in total. The van der Waals surface area contributed by atoms with E-state index < -0.39 is 22.1 Å². The van der Waals surface area contributed by atoms with Crippen LogP contribution in [0.2, 0.25) is 0 Å². The minimum Gasteiger partial charge on any atom is -0.406 e. The zero-order chi connectivity index (χ0) is 26.7. The highest BCUT2D eigenvalue weighted by atomic mass is 32.2. The Morgan fingerprint density at radius 2 is 1.79 bits per heavy atom. The number of aromatic nitrogens is 2. The molecule has 4 bridgehead atoms. The van der Waals surface area contributed by atoms with Crippen LogP contribution in [0.3, 0.4) is 0 Å². The molecule has 204 valence electrons. The summed E-state index contributed by atoms with van der Waals surface area (Å²) < 4.78 is 69.3. The Kier molecular flexibility index (Phi) is 6.17. The number of alkyl halides is 3. The van der Waals surface area contributed by atoms with Gasteiger partial charge in [0.1, 0.15) is 17.9 Å². The van der Waals surface area contributed by atoms with E-state index in [0.717, 1.165) is 53.5 Å². The maximum absolute atomic E-state index is 13.2. The Bertz CT molecular complexity index is 1330. The second kappa shape index (κ2) is 9.18. The van der Waals surface area contributed by atoms with Crippen LogP contribution >= 0.6 is 0 Å². The van der Waals surface area contributed by atoms with Crippen LogP contribution in [0.1, 0.15) is 56.2 Å². The number of anilines is 1. The lowest BCUT2D eigenvalue weighted by atomic mass is 9.49. The molecule has 2 heterocycles. The van der Waals surface area contributed by atoms with E-state index in [1.807, 2.05) is 0 Å². The minimum atomic E-state index is -4.93. The van der Waals surface area contributed by atoms with E-state index >= 15 is 0 Å².